The number of anilines is 2. The molecule has 0 aromatic heterocycles. The van der Waals surface area contributed by atoms with Gasteiger partial charge in [0.25, 0.3) is 10.0 Å². The van der Waals surface area contributed by atoms with Gasteiger partial charge >= 0.3 is 6.18 Å². The lowest BCUT2D eigenvalue weighted by atomic mass is 9.99. The van der Waals surface area contributed by atoms with Crippen molar-refractivity contribution < 1.29 is 29.2 Å². The van der Waals surface area contributed by atoms with Crippen LogP contribution in [0.2, 0.25) is 5.02 Å². The Labute approximate surface area is 218 Å². The summed E-state index contributed by atoms with van der Waals surface area (Å²) in [5, 5.41) is -0.301. The van der Waals surface area contributed by atoms with Gasteiger partial charge in [-0.15, -0.1) is 0 Å². The van der Waals surface area contributed by atoms with Crippen molar-refractivity contribution >= 4 is 62.1 Å². The predicted octanol–water partition coefficient (Wildman–Crippen LogP) is 3.87. The molecular weight excluding hydrogens is 539 g/mol. The number of nitrogens with zero attached hydrogens (tertiary/aromatic N) is 3. The number of nitrogens with one attached hydrogen (secondary N) is 1. The summed E-state index contributed by atoms with van der Waals surface area (Å²) >= 11 is 10.7. The number of hydrogen-bond acceptors (Lipinski definition) is 5. The molecule has 0 saturated carbocycles. The number of carbonyl (C=O) groups excluding carboxylic acids is 1. The molecule has 2 aliphatic heterocycles. The molecule has 1 amide bonds. The highest BCUT2D eigenvalue weighted by molar-refractivity contribution is 7.91. The van der Waals surface area contributed by atoms with E-state index in [1.807, 2.05) is 12.1 Å². The maximum Gasteiger partial charge on any atom is 0.449 e. The van der Waals surface area contributed by atoms with Crippen LogP contribution in [-0.2, 0) is 21.2 Å². The third kappa shape index (κ3) is 5.42. The second kappa shape index (κ2) is 9.87. The molecule has 3 N–H and O–H groups in total. The molecule has 0 spiro atoms. The molecule has 1 fully saturated rings. The molecule has 1 saturated heterocycles. The highest BCUT2D eigenvalue weighted by Gasteiger charge is 2.38. The zero-order chi connectivity index (χ0) is 26.3. The van der Waals surface area contributed by atoms with E-state index in [2.05, 4.69) is 22.1 Å². The first kappa shape index (κ1) is 26.2. The van der Waals surface area contributed by atoms with Crippen LogP contribution in [-0.4, -0.2) is 50.6 Å². The van der Waals surface area contributed by atoms with Gasteiger partial charge in [0, 0.05) is 32.3 Å². The molecule has 8 nitrogen and oxygen atoms in total. The van der Waals surface area contributed by atoms with Crippen LogP contribution < -0.4 is 20.3 Å². The zero-order valence-electron chi connectivity index (χ0n) is 18.6. The van der Waals surface area contributed by atoms with Crippen LogP contribution in [0.15, 0.2) is 52.4 Å². The Morgan fingerprint density at radius 2 is 1.89 bits per heavy atom. The van der Waals surface area contributed by atoms with Crippen molar-refractivity contribution in [2.75, 3.05) is 22.9 Å². The van der Waals surface area contributed by atoms with Crippen LogP contribution in [0.4, 0.5) is 24.5 Å². The topological polar surface area (TPSA) is 108 Å². The number of benzene rings is 2. The van der Waals surface area contributed by atoms with E-state index in [9.17, 15) is 26.4 Å². The number of sulfonamides is 1. The molecule has 0 bridgehead atoms. The average molecular weight is 564 g/mol. The fourth-order valence-corrected chi connectivity index (χ4v) is 5.81. The van der Waals surface area contributed by atoms with Gasteiger partial charge in [0.05, 0.1) is 4.90 Å². The standard InChI is InChI=1S/C22H21ClF3N5O3S2.2H2/c23-14-3-8-17-13(12-14)2-1-10-31(17)18-9-11-30(19(18)32)15-4-6-16(7-5-15)36(33,34)29-21(35)28-20(27)22(24,25)26;;/h3-8,12,18H,1-2,9-11H2,(H3,27,28,29,35);2*1H/t18-;;/m0../s1. The van der Waals surface area contributed by atoms with Gasteiger partial charge in [-0.05, 0) is 79.5 Å². The lowest BCUT2D eigenvalue weighted by Gasteiger charge is -2.35. The molecule has 4 rings (SSSR count). The molecule has 2 aromatic rings. The van der Waals surface area contributed by atoms with E-state index < -0.39 is 27.1 Å². The lowest BCUT2D eigenvalue weighted by molar-refractivity contribution is -0.118. The minimum absolute atomic E-state index is 0. The van der Waals surface area contributed by atoms with E-state index in [1.54, 1.807) is 15.7 Å². The van der Waals surface area contributed by atoms with E-state index in [1.165, 1.54) is 24.3 Å². The van der Waals surface area contributed by atoms with Crippen LogP contribution in [0.1, 0.15) is 21.3 Å². The molecule has 1 atom stereocenters. The number of aryl methyl sites for hydroxylation is 1. The third-order valence-electron chi connectivity index (χ3n) is 5.94. The molecule has 196 valence electrons. The quantitative estimate of drug-likeness (QED) is 0.332. The first-order valence-corrected chi connectivity index (χ1v) is 13.1. The van der Waals surface area contributed by atoms with Crippen molar-refractivity contribution in [3.63, 3.8) is 0 Å². The van der Waals surface area contributed by atoms with E-state index in [-0.39, 0.29) is 19.7 Å². The van der Waals surface area contributed by atoms with E-state index in [0.29, 0.717) is 23.7 Å². The Bertz CT molecular complexity index is 1340. The summed E-state index contributed by atoms with van der Waals surface area (Å²) in [5.41, 5.74) is 7.35. The van der Waals surface area contributed by atoms with Crippen LogP contribution in [0.5, 0.6) is 0 Å². The number of nitrogens with two attached hydrogens (primary N) is 1. The number of rotatable bonds is 4. The molecule has 0 aliphatic carbocycles. The monoisotopic (exact) mass is 563 g/mol. The molecule has 2 aromatic carbocycles. The van der Waals surface area contributed by atoms with Crippen molar-refractivity contribution in [1.29, 1.82) is 0 Å². The Hall–Kier alpha value is -2.90. The maximum absolute atomic E-state index is 13.3. The fraction of sp³-hybridized carbons (Fsp3) is 0.318. The first-order chi connectivity index (χ1) is 16.9. The minimum atomic E-state index is -4.94. The van der Waals surface area contributed by atoms with Crippen molar-refractivity contribution in [1.82, 2.24) is 4.72 Å². The summed E-state index contributed by atoms with van der Waals surface area (Å²) in [4.78, 5) is 19.6. The van der Waals surface area contributed by atoms with Crippen LogP contribution >= 0.6 is 23.8 Å². The third-order valence-corrected chi connectivity index (χ3v) is 7.85. The zero-order valence-corrected chi connectivity index (χ0v) is 21.0. The predicted molar refractivity (Wildman–Crippen MR) is 139 cm³/mol. The Kier molecular flexibility index (Phi) is 7.17. The summed E-state index contributed by atoms with van der Waals surface area (Å²) in [7, 11) is -4.31. The molecule has 2 aliphatic rings. The van der Waals surface area contributed by atoms with Gasteiger partial charge in [0.15, 0.2) is 0 Å². The lowest BCUT2D eigenvalue weighted by Crippen LogP contribution is -2.44. The number of halogens is 4. The van der Waals surface area contributed by atoms with Gasteiger partial charge in [-0.1, -0.05) is 11.6 Å². The number of thiocarbonyl (C=S) groups is 1. The summed E-state index contributed by atoms with van der Waals surface area (Å²) in [5.74, 6) is -1.88. The van der Waals surface area contributed by atoms with Gasteiger partial charge < -0.3 is 15.5 Å². The molecule has 36 heavy (non-hydrogen) atoms. The van der Waals surface area contributed by atoms with E-state index in [0.717, 1.165) is 30.6 Å². The van der Waals surface area contributed by atoms with Gasteiger partial charge in [0.1, 0.15) is 6.04 Å². The van der Waals surface area contributed by atoms with Gasteiger partial charge in [-0.3, -0.25) is 9.52 Å². The van der Waals surface area contributed by atoms with Crippen LogP contribution in [0, 0.1) is 0 Å². The second-order valence-electron chi connectivity index (χ2n) is 8.26. The van der Waals surface area contributed by atoms with E-state index in [4.69, 9.17) is 17.3 Å². The molecule has 14 heteroatoms. The molecule has 0 radical (unpaired) electrons. The number of aliphatic imine (C=N–C) groups is 1. The number of fused-ring (bicyclic) bond motifs is 1. The van der Waals surface area contributed by atoms with Crippen molar-refractivity contribution in [3.05, 3.63) is 53.1 Å². The maximum atomic E-state index is 13.3. The van der Waals surface area contributed by atoms with Crippen molar-refractivity contribution in [2.45, 2.75) is 36.4 Å². The number of alkyl halides is 3. The smallest absolute Gasteiger partial charge is 0.380 e. The van der Waals surface area contributed by atoms with Crippen LogP contribution in [0.3, 0.4) is 0 Å². The summed E-state index contributed by atoms with van der Waals surface area (Å²) < 4.78 is 64.2. The largest absolute Gasteiger partial charge is 0.449 e. The van der Waals surface area contributed by atoms with Gasteiger partial charge in [0.2, 0.25) is 16.9 Å². The highest BCUT2D eigenvalue weighted by atomic mass is 35.5. The molecule has 0 unspecified atom stereocenters. The molecule has 2 heterocycles. The van der Waals surface area contributed by atoms with Gasteiger partial charge in [-0.2, -0.15) is 18.2 Å². The molecular formula is C22H25ClF3N5O3S2. The number of amidine groups is 1. The first-order valence-electron chi connectivity index (χ1n) is 10.8. The van der Waals surface area contributed by atoms with Gasteiger partial charge in [-0.25, -0.2) is 8.42 Å². The minimum Gasteiger partial charge on any atom is -0.380 e. The number of amides is 1. The Balaban J connectivity index is 0.00000253. The van der Waals surface area contributed by atoms with Crippen molar-refractivity contribution in [2.24, 2.45) is 10.7 Å². The van der Waals surface area contributed by atoms with Crippen LogP contribution in [0.25, 0.3) is 0 Å². The highest BCUT2D eigenvalue weighted by Crippen LogP contribution is 2.35. The fourth-order valence-electron chi connectivity index (χ4n) is 4.30. The summed E-state index contributed by atoms with van der Waals surface area (Å²) in [6.07, 6.45) is -2.56. The normalized spacial score (nSPS) is 18.8. The average Bonchev–Trinajstić information content (AvgIpc) is 3.18. The Morgan fingerprint density at radius 1 is 1.19 bits per heavy atom. The second-order valence-corrected chi connectivity index (χ2v) is 10.8. The summed E-state index contributed by atoms with van der Waals surface area (Å²) in [6, 6.07) is 10.7. The number of carbonyl (C=O) groups is 1. The van der Waals surface area contributed by atoms with Crippen molar-refractivity contribution in [3.8, 4) is 0 Å². The van der Waals surface area contributed by atoms with E-state index >= 15 is 0 Å². The Morgan fingerprint density at radius 3 is 2.56 bits per heavy atom. The summed E-state index contributed by atoms with van der Waals surface area (Å²) in [6.45, 7) is 1.19. The number of hydrogen-bond donors (Lipinski definition) is 2. The SMILES string of the molecule is NC(=NC(=S)NS(=O)(=O)c1ccc(N2CC[C@H](N3CCCc4cc(Cl)ccc43)C2=O)cc1)C(F)(F)F.[HH].[HH].